The highest BCUT2D eigenvalue weighted by Gasteiger charge is 2.13. The topological polar surface area (TPSA) is 49.9 Å². The Morgan fingerprint density at radius 2 is 1.27 bits per heavy atom. The van der Waals surface area contributed by atoms with Crippen LogP contribution in [0.3, 0.4) is 0 Å². The van der Waals surface area contributed by atoms with E-state index in [4.69, 9.17) is 4.74 Å². The van der Waals surface area contributed by atoms with Crippen molar-refractivity contribution in [2.24, 2.45) is 0 Å². The van der Waals surface area contributed by atoms with Gasteiger partial charge in [0, 0.05) is 39.7 Å². The molecule has 0 aromatic rings. The molecule has 0 aliphatic carbocycles. The maximum Gasteiger partial charge on any atom is 0.224 e. The van der Waals surface area contributed by atoms with Gasteiger partial charge < -0.3 is 14.5 Å². The number of carbonyl (C=O) groups excluding carboxylic acids is 2. The van der Waals surface area contributed by atoms with Crippen LogP contribution in [0.4, 0.5) is 0 Å². The van der Waals surface area contributed by atoms with Gasteiger partial charge in [0.15, 0.2) is 0 Å². The number of hydrogen-bond acceptors (Lipinski definition) is 3. The number of amides is 2. The highest BCUT2D eigenvalue weighted by atomic mass is 16.5. The molecule has 166 valence electrons. The number of likely N-dealkylation sites (N-methyl/N-ethyl adjacent to an activating group) is 1. The van der Waals surface area contributed by atoms with E-state index in [-0.39, 0.29) is 56.4 Å². The van der Waals surface area contributed by atoms with Crippen molar-refractivity contribution in [2.75, 3.05) is 39.9 Å². The minimum atomic E-state index is 0. The third-order valence-corrected chi connectivity index (χ3v) is 3.09. The van der Waals surface area contributed by atoms with Crippen LogP contribution < -0.4 is 0 Å². The Labute approximate surface area is 167 Å². The summed E-state index contributed by atoms with van der Waals surface area (Å²) in [5, 5.41) is 0. The second kappa shape index (κ2) is 28.7. The van der Waals surface area contributed by atoms with E-state index < -0.39 is 0 Å². The molecule has 0 saturated carbocycles. The summed E-state index contributed by atoms with van der Waals surface area (Å²) in [7, 11) is 1.78. The smallest absolute Gasteiger partial charge is 0.224 e. The standard InChI is InChI=1S/C15H30N2O3.6CH4/c1-5-9-17(14(18)7-3)11-10-16(4)15(19)8-13-20-12-6-2;;;;;;/h5-13H2,1-4H3;6*1H4. The number of carbonyl (C=O) groups is 2. The summed E-state index contributed by atoms with van der Waals surface area (Å²) in [6.07, 6.45) is 2.83. The average molecular weight is 383 g/mol. The molecule has 0 aromatic carbocycles. The van der Waals surface area contributed by atoms with E-state index in [1.165, 1.54) is 0 Å². The van der Waals surface area contributed by atoms with Gasteiger partial charge in [-0.25, -0.2) is 0 Å². The van der Waals surface area contributed by atoms with Gasteiger partial charge in [-0.3, -0.25) is 9.59 Å². The van der Waals surface area contributed by atoms with E-state index in [2.05, 4.69) is 6.92 Å². The van der Waals surface area contributed by atoms with Gasteiger partial charge in [-0.1, -0.05) is 65.3 Å². The molecule has 2 amide bonds. The molecule has 0 unspecified atom stereocenters. The molecule has 0 radical (unpaired) electrons. The number of rotatable bonds is 11. The van der Waals surface area contributed by atoms with Crippen molar-refractivity contribution in [1.29, 1.82) is 0 Å². The summed E-state index contributed by atoms with van der Waals surface area (Å²) in [4.78, 5) is 27.1. The minimum Gasteiger partial charge on any atom is -0.381 e. The SMILES string of the molecule is C.C.C.C.C.C.CCCOCCC(=O)N(C)CCN(CCC)C(=O)CC. The van der Waals surface area contributed by atoms with Crippen molar-refractivity contribution < 1.29 is 14.3 Å². The molecule has 26 heavy (non-hydrogen) atoms. The Bertz CT molecular complexity index is 284. The first kappa shape index (κ1) is 44.4. The maximum absolute atomic E-state index is 11.9. The summed E-state index contributed by atoms with van der Waals surface area (Å²) >= 11 is 0. The Morgan fingerprint density at radius 3 is 1.69 bits per heavy atom. The summed E-state index contributed by atoms with van der Waals surface area (Å²) < 4.78 is 5.31. The quantitative estimate of drug-likeness (QED) is 0.429. The number of hydrogen-bond donors (Lipinski definition) is 0. The van der Waals surface area contributed by atoms with Crippen LogP contribution in [0.5, 0.6) is 0 Å². The van der Waals surface area contributed by atoms with E-state index in [1.807, 2.05) is 18.7 Å². The predicted octanol–water partition coefficient (Wildman–Crippen LogP) is 5.73. The first-order chi connectivity index (χ1) is 9.56. The van der Waals surface area contributed by atoms with Crippen LogP contribution in [-0.2, 0) is 14.3 Å². The highest BCUT2D eigenvalue weighted by molar-refractivity contribution is 5.77. The molecule has 0 N–H and O–H groups in total. The normalized spacial score (nSPS) is 8.00. The fraction of sp³-hybridized carbons (Fsp3) is 0.905. The molecule has 0 rings (SSSR count). The monoisotopic (exact) mass is 382 g/mol. The van der Waals surface area contributed by atoms with Gasteiger partial charge in [-0.15, -0.1) is 0 Å². The summed E-state index contributed by atoms with van der Waals surface area (Å²) in [5.41, 5.74) is 0. The molecule has 5 nitrogen and oxygen atoms in total. The van der Waals surface area contributed by atoms with E-state index in [0.717, 1.165) is 19.4 Å². The van der Waals surface area contributed by atoms with Gasteiger partial charge in [0.2, 0.25) is 11.8 Å². The highest BCUT2D eigenvalue weighted by Crippen LogP contribution is 1.99. The fourth-order valence-corrected chi connectivity index (χ4v) is 1.85. The molecule has 0 aliphatic heterocycles. The number of nitrogens with zero attached hydrogens (tertiary/aromatic N) is 2. The van der Waals surface area contributed by atoms with Crippen molar-refractivity contribution in [1.82, 2.24) is 9.80 Å². The molecule has 0 heterocycles. The number of ether oxygens (including phenoxy) is 1. The Kier molecular flexibility index (Phi) is 49.0. The lowest BCUT2D eigenvalue weighted by atomic mass is 10.3. The zero-order valence-corrected chi connectivity index (χ0v) is 13.5. The first-order valence-corrected chi connectivity index (χ1v) is 7.66. The van der Waals surface area contributed by atoms with Gasteiger partial charge >= 0.3 is 0 Å². The maximum atomic E-state index is 11.9. The zero-order chi connectivity index (χ0) is 15.4. The largest absolute Gasteiger partial charge is 0.381 e. The molecule has 0 aliphatic rings. The average Bonchev–Trinajstić information content (AvgIpc) is 2.46. The second-order valence-corrected chi connectivity index (χ2v) is 4.91. The summed E-state index contributed by atoms with van der Waals surface area (Å²) in [6, 6.07) is 0. The zero-order valence-electron chi connectivity index (χ0n) is 13.5. The molecule has 0 bridgehead atoms. The molecule has 0 spiro atoms. The lowest BCUT2D eigenvalue weighted by Gasteiger charge is -2.25. The second-order valence-electron chi connectivity index (χ2n) is 4.91. The third-order valence-electron chi connectivity index (χ3n) is 3.09. The summed E-state index contributed by atoms with van der Waals surface area (Å²) in [6.45, 7) is 9.09. The van der Waals surface area contributed by atoms with E-state index in [1.54, 1.807) is 11.9 Å². The van der Waals surface area contributed by atoms with E-state index >= 15 is 0 Å². The molecular formula is C21H54N2O3. The summed E-state index contributed by atoms with van der Waals surface area (Å²) in [5.74, 6) is 0.223. The predicted molar refractivity (Wildman–Crippen MR) is 121 cm³/mol. The van der Waals surface area contributed by atoms with Crippen molar-refractivity contribution >= 4 is 11.8 Å². The molecule has 0 atom stereocenters. The van der Waals surface area contributed by atoms with E-state index in [9.17, 15) is 9.59 Å². The van der Waals surface area contributed by atoms with Crippen molar-refractivity contribution in [3.63, 3.8) is 0 Å². The molecule has 0 fully saturated rings. The van der Waals surface area contributed by atoms with Crippen LogP contribution in [0.15, 0.2) is 0 Å². The molecule has 0 aromatic heterocycles. The third kappa shape index (κ3) is 20.9. The van der Waals surface area contributed by atoms with Crippen LogP contribution >= 0.6 is 0 Å². The lowest BCUT2D eigenvalue weighted by molar-refractivity contribution is -0.134. The van der Waals surface area contributed by atoms with Crippen LogP contribution in [0, 0.1) is 0 Å². The fourth-order valence-electron chi connectivity index (χ4n) is 1.85. The van der Waals surface area contributed by atoms with Crippen molar-refractivity contribution in [2.45, 2.75) is 91.0 Å². The lowest BCUT2D eigenvalue weighted by Crippen LogP contribution is -2.39. The van der Waals surface area contributed by atoms with Gasteiger partial charge in [-0.05, 0) is 12.8 Å². The van der Waals surface area contributed by atoms with Gasteiger partial charge in [0.05, 0.1) is 13.0 Å². The Morgan fingerprint density at radius 1 is 0.731 bits per heavy atom. The van der Waals surface area contributed by atoms with E-state index in [0.29, 0.717) is 39.1 Å². The molecule has 5 heteroatoms. The van der Waals surface area contributed by atoms with Gasteiger partial charge in [0.1, 0.15) is 0 Å². The van der Waals surface area contributed by atoms with Gasteiger partial charge in [-0.2, -0.15) is 0 Å². The Hall–Kier alpha value is -1.10. The van der Waals surface area contributed by atoms with Gasteiger partial charge in [0.25, 0.3) is 0 Å². The first-order valence-electron chi connectivity index (χ1n) is 7.66. The van der Waals surface area contributed by atoms with Crippen LogP contribution in [0.25, 0.3) is 0 Å². The molecule has 0 saturated heterocycles. The van der Waals surface area contributed by atoms with Crippen molar-refractivity contribution in [3.8, 4) is 0 Å². The van der Waals surface area contributed by atoms with Crippen LogP contribution in [0.1, 0.15) is 91.0 Å². The van der Waals surface area contributed by atoms with Crippen molar-refractivity contribution in [3.05, 3.63) is 0 Å². The Balaban J connectivity index is -0.000000120. The van der Waals surface area contributed by atoms with Crippen LogP contribution in [0.2, 0.25) is 0 Å². The molecular weight excluding hydrogens is 328 g/mol. The van der Waals surface area contributed by atoms with Crippen LogP contribution in [-0.4, -0.2) is 61.5 Å². The minimum absolute atomic E-state index is 0.